The Balaban J connectivity index is 1.80. The highest BCUT2D eigenvalue weighted by Crippen LogP contribution is 2.37. The topological polar surface area (TPSA) is 58.6 Å². The average Bonchev–Trinajstić information content (AvgIpc) is 3.05. The summed E-state index contributed by atoms with van der Waals surface area (Å²) >= 11 is 0. The van der Waals surface area contributed by atoms with Gasteiger partial charge in [-0.3, -0.25) is 9.59 Å². The Labute approximate surface area is 186 Å². The SMILES string of the molecule is CCOc1ccccc1N1C(=O)C(Nc2ccc(CC)cc2)=C(c2ccc(F)cc2)C1=O. The summed E-state index contributed by atoms with van der Waals surface area (Å²) in [6, 6.07) is 20.1. The van der Waals surface area contributed by atoms with Gasteiger partial charge in [-0.2, -0.15) is 0 Å². The molecule has 32 heavy (non-hydrogen) atoms. The number of aryl methyl sites for hydroxylation is 1. The third-order valence-corrected chi connectivity index (χ3v) is 5.25. The molecule has 0 saturated carbocycles. The predicted molar refractivity (Wildman–Crippen MR) is 123 cm³/mol. The van der Waals surface area contributed by atoms with Gasteiger partial charge in [-0.25, -0.2) is 9.29 Å². The Morgan fingerprint density at radius 3 is 2.22 bits per heavy atom. The van der Waals surface area contributed by atoms with E-state index in [1.54, 1.807) is 24.3 Å². The van der Waals surface area contributed by atoms with E-state index in [9.17, 15) is 14.0 Å². The summed E-state index contributed by atoms with van der Waals surface area (Å²) in [6.07, 6.45) is 0.892. The highest BCUT2D eigenvalue weighted by atomic mass is 19.1. The third kappa shape index (κ3) is 3.99. The van der Waals surface area contributed by atoms with Gasteiger partial charge in [0.2, 0.25) is 0 Å². The summed E-state index contributed by atoms with van der Waals surface area (Å²) < 4.78 is 19.2. The van der Waals surface area contributed by atoms with E-state index in [1.807, 2.05) is 31.2 Å². The van der Waals surface area contributed by atoms with Crippen molar-refractivity contribution < 1.29 is 18.7 Å². The van der Waals surface area contributed by atoms with Gasteiger partial charge in [0.15, 0.2) is 0 Å². The van der Waals surface area contributed by atoms with Crippen LogP contribution in [0.25, 0.3) is 5.57 Å². The van der Waals surface area contributed by atoms with E-state index in [1.165, 1.54) is 24.3 Å². The van der Waals surface area contributed by atoms with E-state index in [2.05, 4.69) is 12.2 Å². The van der Waals surface area contributed by atoms with Crippen LogP contribution in [0.15, 0.2) is 78.5 Å². The number of carbonyl (C=O) groups excluding carboxylic acids is 2. The van der Waals surface area contributed by atoms with Crippen LogP contribution in [0.3, 0.4) is 0 Å². The van der Waals surface area contributed by atoms with Crippen LogP contribution in [0.1, 0.15) is 25.0 Å². The molecule has 0 radical (unpaired) electrons. The summed E-state index contributed by atoms with van der Waals surface area (Å²) in [6.45, 7) is 4.28. The molecule has 0 aliphatic carbocycles. The van der Waals surface area contributed by atoms with Crippen molar-refractivity contribution in [2.45, 2.75) is 20.3 Å². The first-order valence-corrected chi connectivity index (χ1v) is 10.5. The molecule has 162 valence electrons. The first-order valence-electron chi connectivity index (χ1n) is 10.5. The molecule has 1 aliphatic heterocycles. The summed E-state index contributed by atoms with van der Waals surface area (Å²) in [5.74, 6) is -0.986. The van der Waals surface area contributed by atoms with E-state index < -0.39 is 17.6 Å². The molecular formula is C26H23FN2O3. The van der Waals surface area contributed by atoms with Gasteiger partial charge in [0.1, 0.15) is 17.3 Å². The lowest BCUT2D eigenvalue weighted by Crippen LogP contribution is -2.32. The zero-order valence-electron chi connectivity index (χ0n) is 17.9. The first kappa shape index (κ1) is 21.3. The first-order chi connectivity index (χ1) is 15.5. The van der Waals surface area contributed by atoms with Crippen molar-refractivity contribution in [3.63, 3.8) is 0 Å². The normalized spacial score (nSPS) is 13.7. The van der Waals surface area contributed by atoms with E-state index in [0.717, 1.165) is 16.9 Å². The number of nitrogens with zero attached hydrogens (tertiary/aromatic N) is 1. The molecule has 1 N–H and O–H groups in total. The number of imide groups is 1. The van der Waals surface area contributed by atoms with Gasteiger partial charge in [-0.1, -0.05) is 43.3 Å². The lowest BCUT2D eigenvalue weighted by atomic mass is 10.0. The van der Waals surface area contributed by atoms with Crippen LogP contribution in [-0.2, 0) is 16.0 Å². The molecule has 5 nitrogen and oxygen atoms in total. The maximum Gasteiger partial charge on any atom is 0.282 e. The van der Waals surface area contributed by atoms with Gasteiger partial charge in [0.25, 0.3) is 11.8 Å². The molecule has 2 amide bonds. The number of halogens is 1. The minimum atomic E-state index is -0.499. The van der Waals surface area contributed by atoms with Crippen LogP contribution >= 0.6 is 0 Å². The van der Waals surface area contributed by atoms with Crippen LogP contribution in [0, 0.1) is 5.82 Å². The third-order valence-electron chi connectivity index (χ3n) is 5.25. The predicted octanol–water partition coefficient (Wildman–Crippen LogP) is 5.18. The molecule has 3 aromatic rings. The minimum Gasteiger partial charge on any atom is -0.492 e. The van der Waals surface area contributed by atoms with E-state index in [4.69, 9.17) is 4.74 Å². The van der Waals surface area contributed by atoms with E-state index >= 15 is 0 Å². The Kier molecular flexibility index (Phi) is 6.03. The molecule has 1 heterocycles. The number of benzene rings is 3. The fraction of sp³-hybridized carbons (Fsp3) is 0.154. The number of carbonyl (C=O) groups is 2. The number of amides is 2. The second-order valence-electron chi connectivity index (χ2n) is 7.28. The monoisotopic (exact) mass is 430 g/mol. The van der Waals surface area contributed by atoms with Crippen LogP contribution in [0.5, 0.6) is 5.75 Å². The Hall–Kier alpha value is -3.93. The second kappa shape index (κ2) is 9.06. The van der Waals surface area contributed by atoms with Crippen LogP contribution in [0.2, 0.25) is 0 Å². The molecule has 0 atom stereocenters. The molecule has 0 fully saturated rings. The van der Waals surface area contributed by atoms with Crippen molar-refractivity contribution in [1.29, 1.82) is 0 Å². The Morgan fingerprint density at radius 2 is 1.56 bits per heavy atom. The molecule has 3 aromatic carbocycles. The van der Waals surface area contributed by atoms with Gasteiger partial charge in [-0.15, -0.1) is 0 Å². The molecule has 6 heteroatoms. The minimum absolute atomic E-state index is 0.136. The number of rotatable bonds is 7. The second-order valence-corrected chi connectivity index (χ2v) is 7.28. The van der Waals surface area contributed by atoms with Crippen molar-refractivity contribution in [3.05, 3.63) is 95.4 Å². The van der Waals surface area contributed by atoms with E-state index in [0.29, 0.717) is 29.3 Å². The number of para-hydroxylation sites is 2. The fourth-order valence-corrected chi connectivity index (χ4v) is 3.64. The van der Waals surface area contributed by atoms with Crippen LogP contribution < -0.4 is 15.0 Å². The smallest absolute Gasteiger partial charge is 0.282 e. The van der Waals surface area contributed by atoms with Gasteiger partial charge in [-0.05, 0) is 60.9 Å². The summed E-state index contributed by atoms with van der Waals surface area (Å²) in [5, 5.41) is 3.12. The Morgan fingerprint density at radius 1 is 0.875 bits per heavy atom. The largest absolute Gasteiger partial charge is 0.492 e. The highest BCUT2D eigenvalue weighted by molar-refractivity contribution is 6.46. The fourth-order valence-electron chi connectivity index (χ4n) is 3.64. The summed E-state index contributed by atoms with van der Waals surface area (Å²) in [7, 11) is 0. The van der Waals surface area contributed by atoms with Crippen molar-refractivity contribution in [2.75, 3.05) is 16.8 Å². The average molecular weight is 430 g/mol. The van der Waals surface area contributed by atoms with Crippen LogP contribution in [-0.4, -0.2) is 18.4 Å². The molecule has 0 unspecified atom stereocenters. The Bertz CT molecular complexity index is 1180. The maximum atomic E-state index is 13.5. The molecular weight excluding hydrogens is 407 g/mol. The van der Waals surface area contributed by atoms with Gasteiger partial charge in [0.05, 0.1) is 17.9 Å². The number of hydrogen-bond acceptors (Lipinski definition) is 4. The van der Waals surface area contributed by atoms with Gasteiger partial charge >= 0.3 is 0 Å². The molecule has 0 aromatic heterocycles. The summed E-state index contributed by atoms with van der Waals surface area (Å²) in [5.41, 5.74) is 2.97. The molecule has 0 bridgehead atoms. The number of hydrogen-bond donors (Lipinski definition) is 1. The molecule has 0 spiro atoms. The molecule has 1 aliphatic rings. The van der Waals surface area contributed by atoms with Crippen molar-refractivity contribution in [1.82, 2.24) is 0 Å². The van der Waals surface area contributed by atoms with Crippen molar-refractivity contribution in [2.24, 2.45) is 0 Å². The van der Waals surface area contributed by atoms with Gasteiger partial charge in [0, 0.05) is 5.69 Å². The zero-order chi connectivity index (χ0) is 22.7. The standard InChI is InChI=1S/C26H23FN2O3/c1-3-17-9-15-20(16-10-17)28-24-23(18-11-13-19(27)14-12-18)25(30)29(26(24)31)21-7-5-6-8-22(21)32-4-2/h5-16,28H,3-4H2,1-2H3. The quantitative estimate of drug-likeness (QED) is 0.525. The lowest BCUT2D eigenvalue weighted by Gasteiger charge is -2.19. The maximum absolute atomic E-state index is 13.5. The number of anilines is 2. The highest BCUT2D eigenvalue weighted by Gasteiger charge is 2.41. The number of ether oxygens (including phenoxy) is 1. The molecule has 0 saturated heterocycles. The molecule has 4 rings (SSSR count). The van der Waals surface area contributed by atoms with Crippen LogP contribution in [0.4, 0.5) is 15.8 Å². The van der Waals surface area contributed by atoms with Crippen molar-refractivity contribution >= 4 is 28.8 Å². The van der Waals surface area contributed by atoms with Crippen molar-refractivity contribution in [3.8, 4) is 5.75 Å². The lowest BCUT2D eigenvalue weighted by molar-refractivity contribution is -0.120. The number of nitrogens with one attached hydrogen (secondary N) is 1. The van der Waals surface area contributed by atoms with Gasteiger partial charge < -0.3 is 10.1 Å². The zero-order valence-corrected chi connectivity index (χ0v) is 17.9. The summed E-state index contributed by atoms with van der Waals surface area (Å²) in [4.78, 5) is 28.1. The van der Waals surface area contributed by atoms with E-state index in [-0.39, 0.29) is 11.3 Å².